The highest BCUT2D eigenvalue weighted by Crippen LogP contribution is 2.40. The number of benzene rings is 3. The van der Waals surface area contributed by atoms with Crippen molar-refractivity contribution in [2.75, 3.05) is 14.2 Å². The van der Waals surface area contributed by atoms with Gasteiger partial charge in [-0.3, -0.25) is 9.59 Å². The molecule has 14 nitrogen and oxygen atoms in total. The van der Waals surface area contributed by atoms with Crippen molar-refractivity contribution >= 4 is 57.4 Å². The second-order valence-corrected chi connectivity index (χ2v) is 16.9. The summed E-state index contributed by atoms with van der Waals surface area (Å²) in [4.78, 5) is 72.3. The summed E-state index contributed by atoms with van der Waals surface area (Å²) in [5, 5.41) is 7.84. The summed E-state index contributed by atoms with van der Waals surface area (Å²) >= 11 is 6.77. The number of H-pyrrole nitrogens is 2. The third kappa shape index (κ3) is 8.06. The number of alkyl carbamates (subject to hydrolysis) is 2. The molecule has 59 heavy (non-hydrogen) atoms. The van der Waals surface area contributed by atoms with Gasteiger partial charge in [0.1, 0.15) is 34.6 Å². The van der Waals surface area contributed by atoms with E-state index in [0.717, 1.165) is 63.6 Å². The maximum Gasteiger partial charge on any atom is 0.407 e. The van der Waals surface area contributed by atoms with Crippen LogP contribution in [0.2, 0.25) is 5.15 Å². The maximum atomic E-state index is 13.9. The Morgan fingerprint density at radius 3 is 1.73 bits per heavy atom. The number of likely N-dealkylation sites (tertiary alicyclic amines) is 2. The number of halogens is 1. The van der Waals surface area contributed by atoms with Crippen molar-refractivity contribution in [2.45, 2.75) is 103 Å². The molecule has 7 rings (SSSR count). The molecule has 2 aromatic heterocycles. The van der Waals surface area contributed by atoms with Crippen LogP contribution in [-0.4, -0.2) is 92.1 Å². The molecule has 0 spiro atoms. The molecule has 2 aliphatic rings. The summed E-state index contributed by atoms with van der Waals surface area (Å²) in [7, 11) is 2.57. The van der Waals surface area contributed by atoms with Crippen LogP contribution in [-0.2, 0) is 19.1 Å². The lowest BCUT2D eigenvalue weighted by atomic mass is 9.99. The number of aromatic amines is 2. The Morgan fingerprint density at radius 1 is 0.695 bits per heavy atom. The Bertz CT molecular complexity index is 2370. The largest absolute Gasteiger partial charge is 0.453 e. The van der Waals surface area contributed by atoms with E-state index in [-0.39, 0.29) is 47.8 Å². The first-order valence-corrected chi connectivity index (χ1v) is 20.7. The number of aromatic nitrogens is 4. The molecule has 2 aliphatic heterocycles. The van der Waals surface area contributed by atoms with Gasteiger partial charge in [-0.25, -0.2) is 19.6 Å². The number of rotatable bonds is 10. The number of nitrogens with zero attached hydrogens (tertiary/aromatic N) is 4. The molecule has 4 amide bonds. The number of methoxy groups -OCH3 is 2. The fourth-order valence-electron chi connectivity index (χ4n) is 8.66. The lowest BCUT2D eigenvalue weighted by molar-refractivity contribution is -0.138. The Morgan fingerprint density at radius 2 is 1.20 bits per heavy atom. The van der Waals surface area contributed by atoms with Crippen LogP contribution < -0.4 is 10.6 Å². The number of ether oxygens (including phenoxy) is 2. The zero-order valence-electron chi connectivity index (χ0n) is 34.8. The van der Waals surface area contributed by atoms with Gasteiger partial charge in [0.2, 0.25) is 11.8 Å². The normalized spacial score (nSPS) is 20.4. The van der Waals surface area contributed by atoms with E-state index in [1.165, 1.54) is 14.2 Å². The van der Waals surface area contributed by atoms with Crippen LogP contribution in [0.25, 0.3) is 44.2 Å². The van der Waals surface area contributed by atoms with Gasteiger partial charge in [0.25, 0.3) is 0 Å². The van der Waals surface area contributed by atoms with Crippen molar-refractivity contribution in [3.63, 3.8) is 0 Å². The molecular weight excluding hydrogens is 772 g/mol. The van der Waals surface area contributed by atoms with Gasteiger partial charge >= 0.3 is 12.2 Å². The topological polar surface area (TPSA) is 175 Å². The lowest BCUT2D eigenvalue weighted by Gasteiger charge is -2.32. The Kier molecular flexibility index (Phi) is 11.9. The predicted octanol–water partition coefficient (Wildman–Crippen LogP) is 8.29. The van der Waals surface area contributed by atoms with E-state index in [1.54, 1.807) is 4.90 Å². The van der Waals surface area contributed by atoms with E-state index < -0.39 is 24.3 Å². The average Bonchev–Trinajstić information content (AvgIpc) is 4.02. The first-order chi connectivity index (χ1) is 28.2. The Hall–Kier alpha value is -5.63. The van der Waals surface area contributed by atoms with Gasteiger partial charge in [-0.1, -0.05) is 81.8 Å². The third-order valence-corrected chi connectivity index (χ3v) is 12.2. The molecule has 6 atom stereocenters. The lowest BCUT2D eigenvalue weighted by Crippen LogP contribution is -2.52. The second kappa shape index (κ2) is 16.9. The van der Waals surface area contributed by atoms with Gasteiger partial charge < -0.3 is 39.9 Å². The van der Waals surface area contributed by atoms with E-state index in [4.69, 9.17) is 31.0 Å². The van der Waals surface area contributed by atoms with Crippen molar-refractivity contribution < 1.29 is 28.7 Å². The van der Waals surface area contributed by atoms with Gasteiger partial charge in [0.05, 0.1) is 37.3 Å². The molecule has 0 saturated carbocycles. The molecule has 4 heterocycles. The number of hydrogen-bond acceptors (Lipinski definition) is 8. The Balaban J connectivity index is 1.11. The zero-order valence-corrected chi connectivity index (χ0v) is 35.5. The van der Waals surface area contributed by atoms with Crippen LogP contribution in [0.15, 0.2) is 54.6 Å². The number of imidazole rings is 2. The van der Waals surface area contributed by atoms with Gasteiger partial charge in [0.15, 0.2) is 0 Å². The van der Waals surface area contributed by atoms with Gasteiger partial charge in [0, 0.05) is 23.0 Å². The minimum atomic E-state index is -0.744. The van der Waals surface area contributed by atoms with Gasteiger partial charge in [-0.15, -0.1) is 0 Å². The summed E-state index contributed by atoms with van der Waals surface area (Å²) in [6.45, 7) is 11.6. The van der Waals surface area contributed by atoms with Crippen LogP contribution >= 0.6 is 11.6 Å². The van der Waals surface area contributed by atoms with Crippen LogP contribution in [0.5, 0.6) is 0 Å². The molecule has 312 valence electrons. The van der Waals surface area contributed by atoms with E-state index in [0.29, 0.717) is 23.1 Å². The number of carbonyl (C=O) groups excluding carboxylic acids is 4. The number of hydrogen-bond donors (Lipinski definition) is 4. The van der Waals surface area contributed by atoms with Crippen molar-refractivity contribution in [1.29, 1.82) is 0 Å². The summed E-state index contributed by atoms with van der Waals surface area (Å²) in [5.74, 6) is 0.717. The fraction of sp³-hybridized carbons (Fsp3) is 0.455. The molecule has 3 aromatic carbocycles. The SMILES string of the molecule is COC(=O)N[C@H](C(=O)N1C(C)CC[C@H]1c1nc2c(ccc3cc(-c4ccc(-c5nc([C@@H]6CC[C@H](C)N6C(=O)[C@@H](NC(=O)OC)C(C)C)[nH]c5Cl)cc4)ccc32)[nH]1)C(C)C. The average molecular weight is 825 g/mol. The molecule has 0 radical (unpaired) electrons. The van der Waals surface area contributed by atoms with Crippen LogP contribution in [0, 0.1) is 11.8 Å². The molecular formula is C44H53ClN8O6. The summed E-state index contributed by atoms with van der Waals surface area (Å²) in [6, 6.07) is 16.3. The highest BCUT2D eigenvalue weighted by Gasteiger charge is 2.43. The van der Waals surface area contributed by atoms with Crippen LogP contribution in [0.3, 0.4) is 0 Å². The maximum absolute atomic E-state index is 13.9. The van der Waals surface area contributed by atoms with Crippen molar-refractivity contribution in [2.24, 2.45) is 11.8 Å². The molecule has 2 fully saturated rings. The third-order valence-electron chi connectivity index (χ3n) is 11.9. The number of amides is 4. The number of nitrogens with one attached hydrogen (secondary N) is 4. The smallest absolute Gasteiger partial charge is 0.407 e. The van der Waals surface area contributed by atoms with Crippen molar-refractivity contribution in [1.82, 2.24) is 40.4 Å². The van der Waals surface area contributed by atoms with Crippen molar-refractivity contribution in [3.8, 4) is 22.4 Å². The van der Waals surface area contributed by atoms with Gasteiger partial charge in [-0.05, 0) is 80.0 Å². The standard InChI is InChI=1S/C44H53ClN8O6/c1-22(2)34(49-43(56)58-7)41(54)52-24(5)9-19-32(52)39-46-31-18-16-29-21-28(15-17-30(29)37(31)48-39)26-11-13-27(14-12-26)36-38(45)51-40(47-36)33-20-10-25(6)53(33)42(55)35(23(3)4)50-44(57)59-8/h11-18,21-25,32-35H,9-10,19-20H2,1-8H3,(H,46,48)(H,47,51)(H,49,56)(H,50,57)/t24?,25-,32-,33-,34-,35-/m0/s1. The Labute approximate surface area is 348 Å². The van der Waals surface area contributed by atoms with E-state index >= 15 is 0 Å². The first kappa shape index (κ1) is 41.5. The molecule has 15 heteroatoms. The number of carbonyl (C=O) groups is 4. The van der Waals surface area contributed by atoms with Crippen LogP contribution in [0.1, 0.15) is 91.0 Å². The molecule has 2 saturated heterocycles. The molecule has 0 aliphatic carbocycles. The highest BCUT2D eigenvalue weighted by molar-refractivity contribution is 6.32. The van der Waals surface area contributed by atoms with E-state index in [9.17, 15) is 19.2 Å². The molecule has 1 unspecified atom stereocenters. The quantitative estimate of drug-likeness (QED) is 0.109. The first-order valence-electron chi connectivity index (χ1n) is 20.3. The monoisotopic (exact) mass is 824 g/mol. The summed E-state index contributed by atoms with van der Waals surface area (Å²) in [6.07, 6.45) is 1.79. The summed E-state index contributed by atoms with van der Waals surface area (Å²) in [5.41, 5.74) is 5.19. The minimum Gasteiger partial charge on any atom is -0.453 e. The molecule has 4 N–H and O–H groups in total. The van der Waals surface area contributed by atoms with Crippen molar-refractivity contribution in [3.05, 3.63) is 71.4 Å². The predicted molar refractivity (Wildman–Crippen MR) is 227 cm³/mol. The minimum absolute atomic E-state index is 0.0174. The highest BCUT2D eigenvalue weighted by atomic mass is 35.5. The molecule has 0 bridgehead atoms. The number of fused-ring (bicyclic) bond motifs is 3. The second-order valence-electron chi connectivity index (χ2n) is 16.5. The van der Waals surface area contributed by atoms with Crippen LogP contribution in [0.4, 0.5) is 9.59 Å². The van der Waals surface area contributed by atoms with E-state index in [1.807, 2.05) is 76.8 Å². The van der Waals surface area contributed by atoms with Gasteiger partial charge in [-0.2, -0.15) is 0 Å². The van der Waals surface area contributed by atoms with E-state index in [2.05, 4.69) is 44.9 Å². The molecule has 5 aromatic rings. The summed E-state index contributed by atoms with van der Waals surface area (Å²) < 4.78 is 9.60. The fourth-order valence-corrected chi connectivity index (χ4v) is 8.91. The zero-order chi connectivity index (χ0) is 42.3.